The fourth-order valence-electron chi connectivity index (χ4n) is 2.02. The molecule has 2 heteroatoms. The first-order chi connectivity index (χ1) is 7.74. The molecular weight excluding hydrogens is 200 g/mol. The largest absolute Gasteiger partial charge is 0.481 e. The molecule has 1 rings (SSSR count). The van der Waals surface area contributed by atoms with Gasteiger partial charge in [-0.2, -0.15) is 0 Å². The second-order valence-electron chi connectivity index (χ2n) is 4.49. The Kier molecular flexibility index (Phi) is 5.91. The predicted molar refractivity (Wildman–Crippen MR) is 66.3 cm³/mol. The molecule has 90 valence electrons. The fraction of sp³-hybridized carbons (Fsp3) is 0.643. The van der Waals surface area contributed by atoms with Crippen molar-refractivity contribution in [3.8, 4) is 0 Å². The molecule has 0 heterocycles. The number of carboxylic acids is 1. The molecule has 0 saturated carbocycles. The van der Waals surface area contributed by atoms with Crippen LogP contribution in [0.5, 0.6) is 0 Å². The van der Waals surface area contributed by atoms with Crippen LogP contribution in [0, 0.1) is 5.92 Å². The Bertz CT molecular complexity index is 276. The zero-order chi connectivity index (χ0) is 11.8. The van der Waals surface area contributed by atoms with E-state index >= 15 is 0 Å². The van der Waals surface area contributed by atoms with Crippen LogP contribution >= 0.6 is 0 Å². The highest BCUT2D eigenvalue weighted by Gasteiger charge is 2.15. The van der Waals surface area contributed by atoms with Gasteiger partial charge in [-0.1, -0.05) is 56.4 Å². The molecule has 0 aromatic heterocycles. The summed E-state index contributed by atoms with van der Waals surface area (Å²) in [6.45, 7) is 2.21. The molecule has 1 atom stereocenters. The summed E-state index contributed by atoms with van der Waals surface area (Å²) < 4.78 is 0. The van der Waals surface area contributed by atoms with Gasteiger partial charge in [-0.3, -0.25) is 4.79 Å². The lowest BCUT2D eigenvalue weighted by Gasteiger charge is -2.12. The second kappa shape index (κ2) is 7.26. The molecule has 1 aliphatic carbocycles. The Morgan fingerprint density at radius 1 is 1.38 bits per heavy atom. The molecule has 1 unspecified atom stereocenters. The van der Waals surface area contributed by atoms with Crippen molar-refractivity contribution in [2.24, 2.45) is 5.92 Å². The molecule has 2 nitrogen and oxygen atoms in total. The summed E-state index contributed by atoms with van der Waals surface area (Å²) in [6, 6.07) is 0. The van der Waals surface area contributed by atoms with Crippen molar-refractivity contribution >= 4 is 5.97 Å². The van der Waals surface area contributed by atoms with Gasteiger partial charge < -0.3 is 5.11 Å². The lowest BCUT2D eigenvalue weighted by atomic mass is 9.93. The summed E-state index contributed by atoms with van der Waals surface area (Å²) >= 11 is 0. The molecule has 0 amide bonds. The van der Waals surface area contributed by atoms with Gasteiger partial charge in [0.25, 0.3) is 0 Å². The van der Waals surface area contributed by atoms with Gasteiger partial charge >= 0.3 is 5.97 Å². The third-order valence-corrected chi connectivity index (χ3v) is 3.02. The van der Waals surface area contributed by atoms with Crippen LogP contribution in [0.4, 0.5) is 0 Å². The fourth-order valence-corrected chi connectivity index (χ4v) is 2.02. The molecule has 1 N–H and O–H groups in total. The average Bonchev–Trinajstić information content (AvgIpc) is 2.29. The predicted octanol–water partition coefficient (Wildman–Crippen LogP) is 3.93. The first kappa shape index (κ1) is 13.0. The van der Waals surface area contributed by atoms with E-state index in [9.17, 15) is 4.79 Å². The molecule has 1 aliphatic rings. The maximum absolute atomic E-state index is 10.8. The van der Waals surface area contributed by atoms with E-state index in [1.807, 2.05) is 12.2 Å². The van der Waals surface area contributed by atoms with Crippen LogP contribution in [0.2, 0.25) is 0 Å². The van der Waals surface area contributed by atoms with Gasteiger partial charge in [0.1, 0.15) is 0 Å². The number of aliphatic carboxylic acids is 1. The average molecular weight is 222 g/mol. The van der Waals surface area contributed by atoms with Crippen molar-refractivity contribution in [1.82, 2.24) is 0 Å². The third-order valence-electron chi connectivity index (χ3n) is 3.02. The zero-order valence-electron chi connectivity index (χ0n) is 10.1. The minimum Gasteiger partial charge on any atom is -0.481 e. The normalized spacial score (nSPS) is 19.6. The molecule has 0 fully saturated rings. The Labute approximate surface area is 98.1 Å². The molecular formula is C14H22O2. The van der Waals surface area contributed by atoms with E-state index in [-0.39, 0.29) is 5.92 Å². The minimum absolute atomic E-state index is 0.296. The van der Waals surface area contributed by atoms with Gasteiger partial charge in [-0.15, -0.1) is 0 Å². The Morgan fingerprint density at radius 3 is 2.81 bits per heavy atom. The molecule has 0 aromatic carbocycles. The van der Waals surface area contributed by atoms with Crippen molar-refractivity contribution in [1.29, 1.82) is 0 Å². The number of carboxylic acid groups (broad SMARTS) is 1. The second-order valence-corrected chi connectivity index (χ2v) is 4.49. The number of allylic oxidation sites excluding steroid dienone is 3. The highest BCUT2D eigenvalue weighted by molar-refractivity contribution is 5.73. The number of rotatable bonds is 7. The van der Waals surface area contributed by atoms with Gasteiger partial charge in [-0.25, -0.2) is 0 Å². The number of unbranched alkanes of at least 4 members (excludes halogenated alkanes) is 4. The molecule has 0 aliphatic heterocycles. The molecule has 0 aromatic rings. The summed E-state index contributed by atoms with van der Waals surface area (Å²) in [6.07, 6.45) is 14.0. The monoisotopic (exact) mass is 222 g/mol. The molecule has 0 radical (unpaired) electrons. The van der Waals surface area contributed by atoms with Crippen molar-refractivity contribution in [3.63, 3.8) is 0 Å². The highest BCUT2D eigenvalue weighted by Crippen LogP contribution is 2.21. The van der Waals surface area contributed by atoms with Gasteiger partial charge in [0.15, 0.2) is 0 Å². The molecule has 0 saturated heterocycles. The van der Waals surface area contributed by atoms with Gasteiger partial charge in [0, 0.05) is 0 Å². The summed E-state index contributed by atoms with van der Waals surface area (Å²) in [7, 11) is 0. The van der Waals surface area contributed by atoms with Crippen LogP contribution in [-0.2, 0) is 4.79 Å². The summed E-state index contributed by atoms with van der Waals surface area (Å²) in [5, 5.41) is 8.92. The van der Waals surface area contributed by atoms with Gasteiger partial charge in [-0.05, 0) is 19.3 Å². The summed E-state index contributed by atoms with van der Waals surface area (Å²) in [5.41, 5.74) is 1.20. The lowest BCUT2D eigenvalue weighted by Crippen LogP contribution is -2.12. The van der Waals surface area contributed by atoms with Crippen LogP contribution in [0.15, 0.2) is 23.8 Å². The van der Waals surface area contributed by atoms with Crippen LogP contribution in [0.25, 0.3) is 0 Å². The topological polar surface area (TPSA) is 37.3 Å². The van der Waals surface area contributed by atoms with Crippen LogP contribution in [0.3, 0.4) is 0 Å². The summed E-state index contributed by atoms with van der Waals surface area (Å²) in [5.74, 6) is -0.997. The van der Waals surface area contributed by atoms with Gasteiger partial charge in [0.05, 0.1) is 5.92 Å². The van der Waals surface area contributed by atoms with E-state index in [0.29, 0.717) is 6.42 Å². The Balaban J connectivity index is 2.25. The van der Waals surface area contributed by atoms with Crippen LogP contribution in [0.1, 0.15) is 51.9 Å². The zero-order valence-corrected chi connectivity index (χ0v) is 10.1. The van der Waals surface area contributed by atoms with Crippen LogP contribution in [-0.4, -0.2) is 11.1 Å². The van der Waals surface area contributed by atoms with E-state index in [2.05, 4.69) is 13.0 Å². The quantitative estimate of drug-likeness (QED) is 0.662. The van der Waals surface area contributed by atoms with E-state index < -0.39 is 5.97 Å². The number of hydrogen-bond acceptors (Lipinski definition) is 1. The van der Waals surface area contributed by atoms with Crippen molar-refractivity contribution in [2.45, 2.75) is 51.9 Å². The van der Waals surface area contributed by atoms with E-state index in [1.54, 1.807) is 0 Å². The SMILES string of the molecule is CCCCCCCC1=CC(C(=O)O)CC=C1. The van der Waals surface area contributed by atoms with Crippen molar-refractivity contribution in [2.75, 3.05) is 0 Å². The van der Waals surface area contributed by atoms with Gasteiger partial charge in [0.2, 0.25) is 0 Å². The highest BCUT2D eigenvalue weighted by atomic mass is 16.4. The standard InChI is InChI=1S/C14H22O2/c1-2-3-4-5-6-8-12-9-7-10-13(11-12)14(15)16/h7,9,11,13H,2-6,8,10H2,1H3,(H,15,16). The lowest BCUT2D eigenvalue weighted by molar-refractivity contribution is -0.140. The first-order valence-corrected chi connectivity index (χ1v) is 6.34. The number of hydrogen-bond donors (Lipinski definition) is 1. The molecule has 16 heavy (non-hydrogen) atoms. The minimum atomic E-state index is -0.701. The Morgan fingerprint density at radius 2 is 2.12 bits per heavy atom. The summed E-state index contributed by atoms with van der Waals surface area (Å²) in [4.78, 5) is 10.8. The van der Waals surface area contributed by atoms with Crippen LogP contribution < -0.4 is 0 Å². The smallest absolute Gasteiger partial charge is 0.310 e. The first-order valence-electron chi connectivity index (χ1n) is 6.34. The molecule has 0 spiro atoms. The molecule has 0 bridgehead atoms. The Hall–Kier alpha value is -1.05. The van der Waals surface area contributed by atoms with E-state index in [0.717, 1.165) is 6.42 Å². The van der Waals surface area contributed by atoms with Crippen molar-refractivity contribution < 1.29 is 9.90 Å². The number of carbonyl (C=O) groups is 1. The third kappa shape index (κ3) is 4.65. The van der Waals surface area contributed by atoms with E-state index in [1.165, 1.54) is 37.7 Å². The maximum atomic E-state index is 10.8. The maximum Gasteiger partial charge on any atom is 0.310 e. The van der Waals surface area contributed by atoms with Crippen molar-refractivity contribution in [3.05, 3.63) is 23.8 Å². The van der Waals surface area contributed by atoms with E-state index in [4.69, 9.17) is 5.11 Å².